The maximum Gasteiger partial charge on any atom is 0.353 e. The molecule has 1 N–H and O–H groups in total. The van der Waals surface area contributed by atoms with E-state index in [1.165, 1.54) is 0 Å². The van der Waals surface area contributed by atoms with Gasteiger partial charge in [-0.05, 0) is 45.0 Å². The molecule has 0 aliphatic rings. The summed E-state index contributed by atoms with van der Waals surface area (Å²) in [4.78, 5) is 11.8. The number of carbonyl (C=O) groups is 1. The van der Waals surface area contributed by atoms with Crippen LogP contribution >= 0.6 is 11.6 Å². The van der Waals surface area contributed by atoms with Crippen LogP contribution < -0.4 is 4.74 Å². The molecule has 21 heavy (non-hydrogen) atoms. The lowest BCUT2D eigenvalue weighted by molar-refractivity contribution is -0.149. The Morgan fingerprint density at radius 1 is 1.33 bits per heavy atom. The Kier molecular flexibility index (Phi) is 5.62. The number of ether oxygens (including phenoxy) is 2. The maximum absolute atomic E-state index is 11.8. The van der Waals surface area contributed by atoms with Crippen LogP contribution in [-0.4, -0.2) is 23.3 Å². The van der Waals surface area contributed by atoms with Crippen molar-refractivity contribution in [3.05, 3.63) is 40.6 Å². The van der Waals surface area contributed by atoms with Crippen molar-refractivity contribution < 1.29 is 19.4 Å². The lowest BCUT2D eigenvalue weighted by Gasteiger charge is -2.19. The number of hydrogen-bond donors (Lipinski definition) is 1. The van der Waals surface area contributed by atoms with Crippen molar-refractivity contribution in [2.24, 2.45) is 0 Å². The molecular formula is C15H16ClNO4. The average molecular weight is 310 g/mol. The van der Waals surface area contributed by atoms with Crippen molar-refractivity contribution in [1.29, 1.82) is 5.26 Å². The topological polar surface area (TPSA) is 79.6 Å². The number of nitriles is 1. The molecule has 0 spiro atoms. The summed E-state index contributed by atoms with van der Waals surface area (Å²) in [6, 6.07) is 8.08. The third-order valence-corrected chi connectivity index (χ3v) is 2.44. The number of aliphatic hydroxyl groups excluding tert-OH is 1. The molecule has 0 saturated heterocycles. The Hall–Kier alpha value is -2.19. The molecular weight excluding hydrogens is 294 g/mol. The van der Waals surface area contributed by atoms with Crippen LogP contribution in [0, 0.1) is 11.3 Å². The van der Waals surface area contributed by atoms with Crippen LogP contribution in [-0.2, 0) is 9.53 Å². The first-order valence-corrected chi connectivity index (χ1v) is 6.54. The Morgan fingerprint density at radius 2 is 1.90 bits per heavy atom. The number of carbonyl (C=O) groups excluding carboxylic acids is 1. The van der Waals surface area contributed by atoms with Gasteiger partial charge in [-0.1, -0.05) is 11.6 Å². The molecule has 1 rings (SSSR count). The SMILES string of the molecule is CC(C)(C)OC(=O)C(C#N)=C(O)COc1ccc(Cl)cc1. The highest BCUT2D eigenvalue weighted by Crippen LogP contribution is 2.17. The summed E-state index contributed by atoms with van der Waals surface area (Å²) in [5.41, 5.74) is -1.23. The van der Waals surface area contributed by atoms with Gasteiger partial charge in [0.1, 0.15) is 24.0 Å². The van der Waals surface area contributed by atoms with Gasteiger partial charge >= 0.3 is 5.97 Å². The van der Waals surface area contributed by atoms with E-state index in [4.69, 9.17) is 26.3 Å². The minimum Gasteiger partial charge on any atom is -0.507 e. The zero-order valence-corrected chi connectivity index (χ0v) is 12.8. The first kappa shape index (κ1) is 16.9. The molecule has 0 atom stereocenters. The lowest BCUT2D eigenvalue weighted by atomic mass is 10.2. The molecule has 112 valence electrons. The van der Waals surface area contributed by atoms with Gasteiger partial charge in [0.15, 0.2) is 11.3 Å². The zero-order chi connectivity index (χ0) is 16.0. The highest BCUT2D eigenvalue weighted by molar-refractivity contribution is 6.30. The molecule has 1 aromatic carbocycles. The standard InChI is InChI=1S/C15H16ClNO4/c1-15(2,3)21-14(19)12(8-17)13(18)9-20-11-6-4-10(16)5-7-11/h4-7,18H,9H2,1-3H3. The number of hydrogen-bond acceptors (Lipinski definition) is 5. The highest BCUT2D eigenvalue weighted by atomic mass is 35.5. The summed E-state index contributed by atoms with van der Waals surface area (Å²) >= 11 is 5.73. The van der Waals surface area contributed by atoms with Crippen LogP contribution in [0.1, 0.15) is 20.8 Å². The fourth-order valence-electron chi connectivity index (χ4n) is 1.31. The van der Waals surface area contributed by atoms with E-state index in [2.05, 4.69) is 0 Å². The number of rotatable bonds is 4. The molecule has 0 bridgehead atoms. The molecule has 0 aromatic heterocycles. The quantitative estimate of drug-likeness (QED) is 0.399. The molecule has 0 amide bonds. The van der Waals surface area contributed by atoms with E-state index in [1.54, 1.807) is 51.1 Å². The fraction of sp³-hybridized carbons (Fsp3) is 0.333. The van der Waals surface area contributed by atoms with Gasteiger partial charge in [-0.15, -0.1) is 0 Å². The zero-order valence-electron chi connectivity index (χ0n) is 12.0. The van der Waals surface area contributed by atoms with E-state index in [0.717, 1.165) is 0 Å². The summed E-state index contributed by atoms with van der Waals surface area (Å²) in [5.74, 6) is -0.920. The average Bonchev–Trinajstić information content (AvgIpc) is 2.36. The molecule has 0 saturated carbocycles. The van der Waals surface area contributed by atoms with E-state index in [-0.39, 0.29) is 6.61 Å². The van der Waals surface area contributed by atoms with Gasteiger partial charge in [0.2, 0.25) is 0 Å². The third kappa shape index (κ3) is 5.76. The number of halogens is 1. The first-order chi connectivity index (χ1) is 9.73. The van der Waals surface area contributed by atoms with E-state index in [1.807, 2.05) is 0 Å². The molecule has 0 heterocycles. The largest absolute Gasteiger partial charge is 0.507 e. The van der Waals surface area contributed by atoms with Gasteiger partial charge in [-0.2, -0.15) is 5.26 Å². The molecule has 0 aliphatic carbocycles. The van der Waals surface area contributed by atoms with E-state index in [0.29, 0.717) is 10.8 Å². The molecule has 1 aromatic rings. The minimum atomic E-state index is -0.887. The minimum absolute atomic E-state index is 0.316. The summed E-state index contributed by atoms with van der Waals surface area (Å²) in [6.07, 6.45) is 0. The molecule has 0 unspecified atom stereocenters. The second-order valence-electron chi connectivity index (χ2n) is 5.18. The van der Waals surface area contributed by atoms with Gasteiger partial charge in [0.25, 0.3) is 0 Å². The van der Waals surface area contributed by atoms with Crippen LogP contribution in [0.4, 0.5) is 0 Å². The Bertz CT molecular complexity index is 579. The van der Waals surface area contributed by atoms with Crippen molar-refractivity contribution in [1.82, 2.24) is 0 Å². The third-order valence-electron chi connectivity index (χ3n) is 2.19. The van der Waals surface area contributed by atoms with Crippen molar-refractivity contribution in [3.8, 4) is 11.8 Å². The van der Waals surface area contributed by atoms with Crippen molar-refractivity contribution in [2.45, 2.75) is 26.4 Å². The van der Waals surface area contributed by atoms with Crippen molar-refractivity contribution in [3.63, 3.8) is 0 Å². The maximum atomic E-state index is 11.8. The Labute approximate surface area is 128 Å². The van der Waals surface area contributed by atoms with Crippen LogP contribution in [0.2, 0.25) is 5.02 Å². The first-order valence-electron chi connectivity index (χ1n) is 6.17. The monoisotopic (exact) mass is 309 g/mol. The fourth-order valence-corrected chi connectivity index (χ4v) is 1.44. The van der Waals surface area contributed by atoms with Crippen LogP contribution in [0.3, 0.4) is 0 Å². The van der Waals surface area contributed by atoms with Gasteiger partial charge in [0.05, 0.1) is 0 Å². The number of nitrogens with zero attached hydrogens (tertiary/aromatic N) is 1. The number of aliphatic hydroxyl groups is 1. The molecule has 0 aliphatic heterocycles. The number of benzene rings is 1. The Morgan fingerprint density at radius 3 is 2.38 bits per heavy atom. The summed E-state index contributed by atoms with van der Waals surface area (Å²) in [5, 5.41) is 19.3. The number of esters is 1. The van der Waals surface area contributed by atoms with E-state index in [9.17, 15) is 9.90 Å². The molecule has 0 fully saturated rings. The summed E-state index contributed by atoms with van der Waals surface area (Å²) in [6.45, 7) is 4.69. The van der Waals surface area contributed by atoms with Crippen LogP contribution in [0.5, 0.6) is 5.75 Å². The predicted octanol–water partition coefficient (Wildman–Crippen LogP) is 3.40. The normalized spacial score (nSPS) is 12.1. The molecule has 6 heteroatoms. The Balaban J connectivity index is 2.77. The van der Waals surface area contributed by atoms with Crippen LogP contribution in [0.25, 0.3) is 0 Å². The molecule has 0 radical (unpaired) electrons. The summed E-state index contributed by atoms with van der Waals surface area (Å²) < 4.78 is 10.3. The lowest BCUT2D eigenvalue weighted by Crippen LogP contribution is -2.25. The smallest absolute Gasteiger partial charge is 0.353 e. The molecule has 5 nitrogen and oxygen atoms in total. The van der Waals surface area contributed by atoms with Crippen molar-refractivity contribution >= 4 is 17.6 Å². The predicted molar refractivity (Wildman–Crippen MR) is 78.1 cm³/mol. The van der Waals surface area contributed by atoms with E-state index < -0.39 is 22.9 Å². The van der Waals surface area contributed by atoms with Crippen LogP contribution in [0.15, 0.2) is 35.6 Å². The van der Waals surface area contributed by atoms with Gasteiger partial charge in [-0.25, -0.2) is 4.79 Å². The highest BCUT2D eigenvalue weighted by Gasteiger charge is 2.23. The van der Waals surface area contributed by atoms with Gasteiger partial charge < -0.3 is 14.6 Å². The second kappa shape index (κ2) is 7.00. The van der Waals surface area contributed by atoms with Crippen molar-refractivity contribution in [2.75, 3.05) is 6.61 Å². The van der Waals surface area contributed by atoms with Gasteiger partial charge in [0, 0.05) is 5.02 Å². The van der Waals surface area contributed by atoms with Gasteiger partial charge in [-0.3, -0.25) is 0 Å². The second-order valence-corrected chi connectivity index (χ2v) is 5.61. The summed E-state index contributed by atoms with van der Waals surface area (Å²) in [7, 11) is 0. The van der Waals surface area contributed by atoms with E-state index >= 15 is 0 Å².